The first-order chi connectivity index (χ1) is 7.90. The van der Waals surface area contributed by atoms with E-state index in [0.29, 0.717) is 6.54 Å². The molecule has 3 heteroatoms. The van der Waals surface area contributed by atoms with Gasteiger partial charge in [-0.05, 0) is 18.4 Å². The van der Waals surface area contributed by atoms with Gasteiger partial charge in [0, 0.05) is 12.1 Å². The number of ether oxygens (including phenoxy) is 2. The lowest BCUT2D eigenvalue weighted by molar-refractivity contribution is 0.0989. The third kappa shape index (κ3) is 3.37. The lowest BCUT2D eigenvalue weighted by Gasteiger charge is -2.29. The fourth-order valence-corrected chi connectivity index (χ4v) is 1.37. The Labute approximate surface area is 104 Å². The molecular weight excluding hydrogens is 214 g/mol. The highest BCUT2D eigenvalue weighted by atomic mass is 16.5. The molecule has 0 fully saturated rings. The molecule has 96 valence electrons. The summed E-state index contributed by atoms with van der Waals surface area (Å²) in [5, 5.41) is 0. The molecule has 3 nitrogen and oxygen atoms in total. The van der Waals surface area contributed by atoms with Crippen LogP contribution in [0.2, 0.25) is 0 Å². The predicted molar refractivity (Wildman–Crippen MR) is 70.4 cm³/mol. The Morgan fingerprint density at radius 3 is 2.41 bits per heavy atom. The molecule has 2 N–H and O–H groups in total. The molecule has 1 atom stereocenters. The van der Waals surface area contributed by atoms with Crippen LogP contribution in [-0.4, -0.2) is 13.2 Å². The minimum Gasteiger partial charge on any atom is -0.493 e. The number of methoxy groups -OCH3 is 1. The van der Waals surface area contributed by atoms with Crippen LogP contribution in [0.15, 0.2) is 18.2 Å². The molecule has 1 rings (SSSR count). The summed E-state index contributed by atoms with van der Waals surface area (Å²) >= 11 is 0. The first kappa shape index (κ1) is 13.8. The van der Waals surface area contributed by atoms with Gasteiger partial charge in [-0.2, -0.15) is 0 Å². The van der Waals surface area contributed by atoms with Gasteiger partial charge < -0.3 is 15.2 Å². The monoisotopic (exact) mass is 237 g/mol. The van der Waals surface area contributed by atoms with Gasteiger partial charge in [0.2, 0.25) is 0 Å². The Bertz CT molecular complexity index is 347. The first-order valence-electron chi connectivity index (χ1n) is 5.92. The summed E-state index contributed by atoms with van der Waals surface area (Å²) in [7, 11) is 1.64. The number of benzene rings is 1. The Morgan fingerprint density at radius 1 is 1.29 bits per heavy atom. The largest absolute Gasteiger partial charge is 0.493 e. The van der Waals surface area contributed by atoms with E-state index in [9.17, 15) is 0 Å². The second kappa shape index (κ2) is 5.41. The second-order valence-electron chi connectivity index (χ2n) is 5.28. The van der Waals surface area contributed by atoms with Gasteiger partial charge in [-0.25, -0.2) is 0 Å². The number of para-hydroxylation sites is 1. The molecule has 0 aromatic heterocycles. The molecular formula is C14H23NO2. The average Bonchev–Trinajstić information content (AvgIpc) is 2.28. The molecule has 1 unspecified atom stereocenters. The Morgan fingerprint density at radius 2 is 1.94 bits per heavy atom. The van der Waals surface area contributed by atoms with E-state index in [-0.39, 0.29) is 11.5 Å². The Hall–Kier alpha value is -1.22. The SMILES string of the molecule is COc1cccc(CN)c1OC(C)C(C)(C)C. The van der Waals surface area contributed by atoms with E-state index in [4.69, 9.17) is 15.2 Å². The highest BCUT2D eigenvalue weighted by Crippen LogP contribution is 2.34. The summed E-state index contributed by atoms with van der Waals surface area (Å²) in [5.41, 5.74) is 6.77. The summed E-state index contributed by atoms with van der Waals surface area (Å²) in [4.78, 5) is 0. The standard InChI is InChI=1S/C14H23NO2/c1-10(14(2,3)4)17-13-11(9-15)7-6-8-12(13)16-5/h6-8,10H,9,15H2,1-5H3. The van der Waals surface area contributed by atoms with Crippen molar-refractivity contribution in [2.24, 2.45) is 11.1 Å². The van der Waals surface area contributed by atoms with Gasteiger partial charge in [0.1, 0.15) is 6.10 Å². The van der Waals surface area contributed by atoms with Crippen LogP contribution >= 0.6 is 0 Å². The van der Waals surface area contributed by atoms with Gasteiger partial charge in [0.25, 0.3) is 0 Å². The molecule has 1 aromatic rings. The van der Waals surface area contributed by atoms with Crippen molar-refractivity contribution >= 4 is 0 Å². The number of nitrogens with two attached hydrogens (primary N) is 1. The van der Waals surface area contributed by atoms with E-state index in [0.717, 1.165) is 17.1 Å². The summed E-state index contributed by atoms with van der Waals surface area (Å²) in [6.07, 6.45) is 0.0871. The van der Waals surface area contributed by atoms with E-state index in [1.165, 1.54) is 0 Å². The highest BCUT2D eigenvalue weighted by molar-refractivity contribution is 5.46. The zero-order chi connectivity index (χ0) is 13.1. The summed E-state index contributed by atoms with van der Waals surface area (Å²) < 4.78 is 11.3. The van der Waals surface area contributed by atoms with Crippen molar-refractivity contribution in [2.45, 2.75) is 40.3 Å². The lowest BCUT2D eigenvalue weighted by Crippen LogP contribution is -2.29. The van der Waals surface area contributed by atoms with Gasteiger partial charge in [-0.3, -0.25) is 0 Å². The van der Waals surface area contributed by atoms with Crippen LogP contribution in [0, 0.1) is 5.41 Å². The minimum atomic E-state index is 0.0761. The number of hydrogen-bond acceptors (Lipinski definition) is 3. The molecule has 0 amide bonds. The van der Waals surface area contributed by atoms with Crippen molar-refractivity contribution in [3.63, 3.8) is 0 Å². The van der Waals surface area contributed by atoms with Crippen molar-refractivity contribution in [3.05, 3.63) is 23.8 Å². The number of rotatable bonds is 4. The number of hydrogen-bond donors (Lipinski definition) is 1. The molecule has 0 saturated heterocycles. The molecule has 1 aromatic carbocycles. The van der Waals surface area contributed by atoms with Crippen molar-refractivity contribution in [1.82, 2.24) is 0 Å². The predicted octanol–water partition coefficient (Wildman–Crippen LogP) is 2.97. The fourth-order valence-electron chi connectivity index (χ4n) is 1.37. The molecule has 0 radical (unpaired) electrons. The molecule has 0 aliphatic rings. The van der Waals surface area contributed by atoms with Gasteiger partial charge in [-0.1, -0.05) is 32.9 Å². The van der Waals surface area contributed by atoms with Crippen molar-refractivity contribution in [3.8, 4) is 11.5 Å². The first-order valence-corrected chi connectivity index (χ1v) is 5.92. The smallest absolute Gasteiger partial charge is 0.166 e. The van der Waals surface area contributed by atoms with Gasteiger partial charge in [-0.15, -0.1) is 0 Å². The maximum Gasteiger partial charge on any atom is 0.166 e. The van der Waals surface area contributed by atoms with E-state index in [1.54, 1.807) is 7.11 Å². The summed E-state index contributed by atoms with van der Waals surface area (Å²) in [6.45, 7) is 8.95. The maximum atomic E-state index is 6.02. The average molecular weight is 237 g/mol. The van der Waals surface area contributed by atoms with E-state index in [1.807, 2.05) is 18.2 Å². The maximum absolute atomic E-state index is 6.02. The van der Waals surface area contributed by atoms with Crippen molar-refractivity contribution in [1.29, 1.82) is 0 Å². The van der Waals surface area contributed by atoms with Gasteiger partial charge in [0.15, 0.2) is 11.5 Å². The quantitative estimate of drug-likeness (QED) is 0.875. The fraction of sp³-hybridized carbons (Fsp3) is 0.571. The third-order valence-corrected chi connectivity index (χ3v) is 3.01. The minimum absolute atomic E-state index is 0.0761. The molecule has 0 aliphatic carbocycles. The van der Waals surface area contributed by atoms with Crippen molar-refractivity contribution in [2.75, 3.05) is 7.11 Å². The summed E-state index contributed by atoms with van der Waals surface area (Å²) in [6, 6.07) is 5.78. The third-order valence-electron chi connectivity index (χ3n) is 3.01. The molecule has 17 heavy (non-hydrogen) atoms. The van der Waals surface area contributed by atoms with Crippen LogP contribution in [0.4, 0.5) is 0 Å². The van der Waals surface area contributed by atoms with Gasteiger partial charge >= 0.3 is 0 Å². The Kier molecular flexibility index (Phi) is 4.40. The van der Waals surface area contributed by atoms with Crippen molar-refractivity contribution < 1.29 is 9.47 Å². The topological polar surface area (TPSA) is 44.5 Å². The van der Waals surface area contributed by atoms with Gasteiger partial charge in [0.05, 0.1) is 7.11 Å². The van der Waals surface area contributed by atoms with E-state index < -0.39 is 0 Å². The summed E-state index contributed by atoms with van der Waals surface area (Å²) in [5.74, 6) is 1.50. The normalized spacial score (nSPS) is 13.3. The molecule has 0 bridgehead atoms. The van der Waals surface area contributed by atoms with Crippen LogP contribution in [0.25, 0.3) is 0 Å². The molecule has 0 heterocycles. The Balaban J connectivity index is 3.03. The molecule has 0 spiro atoms. The zero-order valence-corrected chi connectivity index (χ0v) is 11.4. The van der Waals surface area contributed by atoms with E-state index in [2.05, 4.69) is 27.7 Å². The van der Waals surface area contributed by atoms with E-state index >= 15 is 0 Å². The molecule has 0 aliphatic heterocycles. The van der Waals surface area contributed by atoms with Crippen LogP contribution in [0.3, 0.4) is 0 Å². The highest BCUT2D eigenvalue weighted by Gasteiger charge is 2.23. The van der Waals surface area contributed by atoms with Crippen LogP contribution in [0.5, 0.6) is 11.5 Å². The van der Waals surface area contributed by atoms with Crippen LogP contribution in [0.1, 0.15) is 33.3 Å². The molecule has 0 saturated carbocycles. The van der Waals surface area contributed by atoms with Crippen LogP contribution < -0.4 is 15.2 Å². The second-order valence-corrected chi connectivity index (χ2v) is 5.28. The van der Waals surface area contributed by atoms with Crippen LogP contribution in [-0.2, 0) is 6.54 Å². The lowest BCUT2D eigenvalue weighted by atomic mass is 9.90. The zero-order valence-electron chi connectivity index (χ0n) is 11.4.